The maximum atomic E-state index is 11.4. The van der Waals surface area contributed by atoms with E-state index >= 15 is 0 Å². The molecular weight excluding hydrogens is 386 g/mol. The molecule has 0 amide bonds. The minimum absolute atomic E-state index is 0.338. The SMILES string of the molecule is C[C@H]1CCC23C[C@]2(C)CCC[C@@H]3[C@@]1(C)CC[C@@]1(C)CCn2cnc3ncnc(c32)N1O. The van der Waals surface area contributed by atoms with Gasteiger partial charge in [0.1, 0.15) is 11.8 Å². The lowest BCUT2D eigenvalue weighted by Crippen LogP contribution is -2.50. The summed E-state index contributed by atoms with van der Waals surface area (Å²) >= 11 is 0. The quantitative estimate of drug-likeness (QED) is 0.696. The number of aromatic nitrogens is 4. The van der Waals surface area contributed by atoms with Crippen LogP contribution in [0.1, 0.15) is 85.5 Å². The van der Waals surface area contributed by atoms with Crippen LogP contribution in [0.4, 0.5) is 5.82 Å². The summed E-state index contributed by atoms with van der Waals surface area (Å²) in [6, 6.07) is 0. The molecule has 3 aliphatic carbocycles. The summed E-state index contributed by atoms with van der Waals surface area (Å²) < 4.78 is 2.11. The molecule has 0 aromatic carbocycles. The van der Waals surface area contributed by atoms with Gasteiger partial charge in [-0.05, 0) is 86.4 Å². The highest BCUT2D eigenvalue weighted by molar-refractivity contribution is 5.83. The van der Waals surface area contributed by atoms with Crippen LogP contribution in [-0.2, 0) is 6.54 Å². The second-order valence-electron chi connectivity index (χ2n) is 12.2. The number of hydroxylamine groups is 1. The van der Waals surface area contributed by atoms with E-state index in [0.717, 1.165) is 36.7 Å². The Morgan fingerprint density at radius 2 is 1.90 bits per heavy atom. The van der Waals surface area contributed by atoms with Crippen molar-refractivity contribution in [2.24, 2.45) is 28.1 Å². The van der Waals surface area contributed by atoms with Crippen LogP contribution < -0.4 is 5.06 Å². The Labute approximate surface area is 185 Å². The number of hydrogen-bond acceptors (Lipinski definition) is 5. The van der Waals surface area contributed by atoms with E-state index in [4.69, 9.17) is 0 Å². The van der Waals surface area contributed by atoms with Crippen molar-refractivity contribution < 1.29 is 5.21 Å². The van der Waals surface area contributed by atoms with E-state index in [9.17, 15) is 5.21 Å². The number of aryl methyl sites for hydroxylation is 1. The lowest BCUT2D eigenvalue weighted by molar-refractivity contribution is -0.0600. The van der Waals surface area contributed by atoms with Crippen molar-refractivity contribution in [3.8, 4) is 0 Å². The molecule has 1 unspecified atom stereocenters. The molecule has 6 heteroatoms. The highest BCUT2D eigenvalue weighted by Crippen LogP contribution is 2.80. The average Bonchev–Trinajstić information content (AvgIpc) is 3.21. The van der Waals surface area contributed by atoms with Crippen molar-refractivity contribution in [2.75, 3.05) is 5.06 Å². The fourth-order valence-corrected chi connectivity index (χ4v) is 8.31. The Morgan fingerprint density at radius 3 is 2.74 bits per heavy atom. The minimum atomic E-state index is -0.338. The maximum Gasteiger partial charge on any atom is 0.183 e. The van der Waals surface area contributed by atoms with Crippen molar-refractivity contribution in [2.45, 2.75) is 97.6 Å². The Hall–Kier alpha value is -1.69. The van der Waals surface area contributed by atoms with E-state index in [1.807, 2.05) is 6.33 Å². The van der Waals surface area contributed by atoms with E-state index in [1.165, 1.54) is 56.3 Å². The summed E-state index contributed by atoms with van der Waals surface area (Å²) in [7, 11) is 0. The molecule has 0 radical (unpaired) electrons. The van der Waals surface area contributed by atoms with Crippen LogP contribution in [0.25, 0.3) is 11.2 Å². The third-order valence-electron chi connectivity index (χ3n) is 10.8. The van der Waals surface area contributed by atoms with Crippen LogP contribution in [-0.4, -0.2) is 30.3 Å². The standard InChI is InChI=1S/C25H37N5O/c1-17-7-9-25-14-22(25,2)8-5-6-18(25)24(17,4)11-10-23(3)12-13-29-16-28-20-19(29)21(30(23)31)27-15-26-20/h15-18,31H,5-14H2,1-4H3/t17-,18+,22-,23-,24-,25?/m0/s1. The smallest absolute Gasteiger partial charge is 0.183 e. The molecule has 3 saturated carbocycles. The summed E-state index contributed by atoms with van der Waals surface area (Å²) in [5.74, 6) is 2.19. The molecule has 6 rings (SSSR count). The zero-order valence-corrected chi connectivity index (χ0v) is 19.6. The van der Waals surface area contributed by atoms with Gasteiger partial charge in [-0.15, -0.1) is 0 Å². The van der Waals surface area contributed by atoms with Crippen molar-refractivity contribution >= 4 is 17.0 Å². The molecule has 3 heterocycles. The first kappa shape index (κ1) is 20.0. The van der Waals surface area contributed by atoms with Gasteiger partial charge in [0.15, 0.2) is 11.5 Å². The molecule has 3 fully saturated rings. The van der Waals surface area contributed by atoms with Gasteiger partial charge >= 0.3 is 0 Å². The highest BCUT2D eigenvalue weighted by atomic mass is 16.5. The fourth-order valence-electron chi connectivity index (χ4n) is 8.31. The van der Waals surface area contributed by atoms with E-state index in [-0.39, 0.29) is 5.54 Å². The molecular formula is C25H37N5O. The van der Waals surface area contributed by atoms with Crippen LogP contribution >= 0.6 is 0 Å². The number of anilines is 1. The molecule has 1 N–H and O–H groups in total. The molecule has 2 aromatic heterocycles. The Bertz CT molecular complexity index is 1040. The summed E-state index contributed by atoms with van der Waals surface area (Å²) in [6.45, 7) is 10.7. The third-order valence-corrected chi connectivity index (χ3v) is 10.8. The molecule has 168 valence electrons. The number of nitrogens with zero attached hydrogens (tertiary/aromatic N) is 5. The van der Waals surface area contributed by atoms with Gasteiger partial charge in [-0.3, -0.25) is 5.21 Å². The van der Waals surface area contributed by atoms with Crippen molar-refractivity contribution in [1.82, 2.24) is 19.5 Å². The molecule has 0 bridgehead atoms. The monoisotopic (exact) mass is 423 g/mol. The topological polar surface area (TPSA) is 67.1 Å². The minimum Gasteiger partial charge on any atom is -0.326 e. The summed E-state index contributed by atoms with van der Waals surface area (Å²) in [6.07, 6.45) is 14.9. The van der Waals surface area contributed by atoms with Gasteiger partial charge < -0.3 is 4.57 Å². The van der Waals surface area contributed by atoms with Gasteiger partial charge in [-0.25, -0.2) is 20.0 Å². The van der Waals surface area contributed by atoms with E-state index in [2.05, 4.69) is 47.2 Å². The van der Waals surface area contributed by atoms with Crippen LogP contribution in [0.3, 0.4) is 0 Å². The molecule has 6 atom stereocenters. The first-order valence-electron chi connectivity index (χ1n) is 12.4. The van der Waals surface area contributed by atoms with Gasteiger partial charge in [0.05, 0.1) is 11.9 Å². The van der Waals surface area contributed by atoms with Crippen LogP contribution in [0.15, 0.2) is 12.7 Å². The fraction of sp³-hybridized carbons (Fsp3) is 0.800. The third kappa shape index (κ3) is 2.51. The van der Waals surface area contributed by atoms with Crippen molar-refractivity contribution in [3.63, 3.8) is 0 Å². The number of rotatable bonds is 3. The molecule has 4 aliphatic rings. The van der Waals surface area contributed by atoms with E-state index in [1.54, 1.807) is 0 Å². The molecule has 6 nitrogen and oxygen atoms in total. The van der Waals surface area contributed by atoms with Gasteiger partial charge in [0.2, 0.25) is 0 Å². The number of imidazole rings is 1. The van der Waals surface area contributed by atoms with Gasteiger partial charge in [-0.1, -0.05) is 27.2 Å². The summed E-state index contributed by atoms with van der Waals surface area (Å²) in [5, 5.41) is 12.9. The Kier molecular flexibility index (Phi) is 4.00. The summed E-state index contributed by atoms with van der Waals surface area (Å²) in [4.78, 5) is 13.2. The van der Waals surface area contributed by atoms with Crippen LogP contribution in [0, 0.1) is 28.1 Å². The predicted octanol–water partition coefficient (Wildman–Crippen LogP) is 5.60. The first-order chi connectivity index (χ1) is 14.7. The first-order valence-corrected chi connectivity index (χ1v) is 12.4. The zero-order chi connectivity index (χ0) is 21.6. The lowest BCUT2D eigenvalue weighted by atomic mass is 9.50. The van der Waals surface area contributed by atoms with E-state index in [0.29, 0.717) is 27.7 Å². The predicted molar refractivity (Wildman–Crippen MR) is 121 cm³/mol. The average molecular weight is 424 g/mol. The van der Waals surface area contributed by atoms with Crippen molar-refractivity contribution in [3.05, 3.63) is 12.7 Å². The normalized spacial score (nSPS) is 44.0. The van der Waals surface area contributed by atoms with Crippen LogP contribution in [0.2, 0.25) is 0 Å². The lowest BCUT2D eigenvalue weighted by Gasteiger charge is -2.55. The second-order valence-corrected chi connectivity index (χ2v) is 12.2. The molecule has 1 aliphatic heterocycles. The summed E-state index contributed by atoms with van der Waals surface area (Å²) in [5.41, 5.74) is 2.75. The van der Waals surface area contributed by atoms with Gasteiger partial charge in [0, 0.05) is 6.54 Å². The zero-order valence-electron chi connectivity index (χ0n) is 19.6. The molecule has 0 saturated heterocycles. The maximum absolute atomic E-state index is 11.4. The Balaban J connectivity index is 1.29. The van der Waals surface area contributed by atoms with E-state index < -0.39 is 0 Å². The Morgan fingerprint density at radius 1 is 1.06 bits per heavy atom. The molecule has 1 spiro atoms. The van der Waals surface area contributed by atoms with Gasteiger partial charge in [0.25, 0.3) is 0 Å². The largest absolute Gasteiger partial charge is 0.326 e. The molecule has 31 heavy (non-hydrogen) atoms. The van der Waals surface area contributed by atoms with Crippen molar-refractivity contribution in [1.29, 1.82) is 0 Å². The van der Waals surface area contributed by atoms with Gasteiger partial charge in [-0.2, -0.15) is 0 Å². The highest BCUT2D eigenvalue weighted by Gasteiger charge is 2.72. The molecule has 2 aromatic rings. The van der Waals surface area contributed by atoms with Crippen LogP contribution in [0.5, 0.6) is 0 Å². The number of hydrogen-bond donors (Lipinski definition) is 1. The second kappa shape index (κ2) is 6.21.